The number of phosphoric ester groups is 1. The van der Waals surface area contributed by atoms with Crippen molar-refractivity contribution >= 4 is 25.7 Å². The summed E-state index contributed by atoms with van der Waals surface area (Å²) in [5.41, 5.74) is 5.32. The molecular formula is C44H70NO11P. The maximum absolute atomic E-state index is 12.6. The van der Waals surface area contributed by atoms with Crippen molar-refractivity contribution in [1.29, 1.82) is 0 Å². The largest absolute Gasteiger partial charge is 0.480 e. The van der Waals surface area contributed by atoms with Gasteiger partial charge in [-0.25, -0.2) is 4.57 Å². The number of esters is 2. The van der Waals surface area contributed by atoms with E-state index in [-0.39, 0.29) is 12.8 Å². The predicted octanol–water partition coefficient (Wildman–Crippen LogP) is 9.47. The molecule has 0 bridgehead atoms. The number of carboxylic acids is 1. The average molecular weight is 820 g/mol. The molecule has 0 aliphatic heterocycles. The number of aliphatic hydroxyl groups is 1. The topological polar surface area (TPSA) is 192 Å². The van der Waals surface area contributed by atoms with Gasteiger partial charge in [0.15, 0.2) is 6.10 Å². The molecule has 57 heavy (non-hydrogen) atoms. The summed E-state index contributed by atoms with van der Waals surface area (Å²) in [5, 5.41) is 18.3. The van der Waals surface area contributed by atoms with Crippen molar-refractivity contribution in [3.8, 4) is 0 Å². The van der Waals surface area contributed by atoms with E-state index < -0.39 is 63.8 Å². The predicted molar refractivity (Wildman–Crippen MR) is 227 cm³/mol. The number of carbonyl (C=O) groups is 3. The summed E-state index contributed by atoms with van der Waals surface area (Å²) < 4.78 is 32.5. The molecule has 0 saturated heterocycles. The molecule has 1 unspecified atom stereocenters. The molecule has 4 atom stereocenters. The van der Waals surface area contributed by atoms with E-state index in [1.54, 1.807) is 6.08 Å². The molecule has 0 radical (unpaired) electrons. The molecule has 0 aliphatic rings. The van der Waals surface area contributed by atoms with Gasteiger partial charge in [-0.15, -0.1) is 0 Å². The SMILES string of the molecule is CC/C=C\C/C=C\C/C=C\CCCCCCCC(=O)OC[C@H](COP(=O)(O)OC[C@H](N)C(=O)O)OC(=O)CCC/C=C\C/C=C\C/C=C\C/C=C\C=C\[C@H](O)CC. The van der Waals surface area contributed by atoms with Gasteiger partial charge in [0.1, 0.15) is 12.6 Å². The molecule has 0 fully saturated rings. The molecule has 0 spiro atoms. The van der Waals surface area contributed by atoms with Gasteiger partial charge in [-0.1, -0.05) is 130 Å². The van der Waals surface area contributed by atoms with Crippen LogP contribution in [0.5, 0.6) is 0 Å². The van der Waals surface area contributed by atoms with Gasteiger partial charge in [0.25, 0.3) is 0 Å². The number of hydrogen-bond donors (Lipinski definition) is 4. The lowest BCUT2D eigenvalue weighted by atomic mass is 10.1. The van der Waals surface area contributed by atoms with Gasteiger partial charge in [0.05, 0.1) is 19.3 Å². The lowest BCUT2D eigenvalue weighted by Crippen LogP contribution is -2.34. The molecule has 0 aromatic heterocycles. The summed E-state index contributed by atoms with van der Waals surface area (Å²) in [6.07, 6.45) is 44.3. The summed E-state index contributed by atoms with van der Waals surface area (Å²) >= 11 is 0. The van der Waals surface area contributed by atoms with Crippen LogP contribution in [0.25, 0.3) is 0 Å². The van der Waals surface area contributed by atoms with Crippen LogP contribution in [-0.4, -0.2) is 71.1 Å². The monoisotopic (exact) mass is 819 g/mol. The van der Waals surface area contributed by atoms with Crippen molar-refractivity contribution in [2.24, 2.45) is 5.73 Å². The van der Waals surface area contributed by atoms with Gasteiger partial charge in [-0.2, -0.15) is 0 Å². The quantitative estimate of drug-likeness (QED) is 0.0154. The van der Waals surface area contributed by atoms with Crippen molar-refractivity contribution in [3.05, 3.63) is 97.2 Å². The third kappa shape index (κ3) is 37.7. The van der Waals surface area contributed by atoms with E-state index in [9.17, 15) is 28.9 Å². The smallest absolute Gasteiger partial charge is 0.472 e. The zero-order valence-corrected chi connectivity index (χ0v) is 35.1. The zero-order chi connectivity index (χ0) is 42.2. The molecule has 0 aromatic carbocycles. The van der Waals surface area contributed by atoms with Gasteiger partial charge < -0.3 is 30.3 Å². The fraction of sp³-hybridized carbons (Fsp3) is 0.568. The fourth-order valence-electron chi connectivity index (χ4n) is 4.65. The fourth-order valence-corrected chi connectivity index (χ4v) is 5.43. The van der Waals surface area contributed by atoms with E-state index in [1.807, 2.05) is 37.3 Å². The molecule has 0 aliphatic carbocycles. The van der Waals surface area contributed by atoms with Crippen molar-refractivity contribution in [2.45, 2.75) is 141 Å². The number of ether oxygens (including phenoxy) is 2. The highest BCUT2D eigenvalue weighted by atomic mass is 31.2. The molecular weight excluding hydrogens is 749 g/mol. The number of phosphoric acid groups is 1. The van der Waals surface area contributed by atoms with Crippen LogP contribution in [0.15, 0.2) is 97.2 Å². The summed E-state index contributed by atoms with van der Waals surface area (Å²) in [6.45, 7) is 2.25. The van der Waals surface area contributed by atoms with Gasteiger partial charge >= 0.3 is 25.7 Å². The maximum atomic E-state index is 12.6. The Morgan fingerprint density at radius 2 is 1.14 bits per heavy atom. The zero-order valence-electron chi connectivity index (χ0n) is 34.2. The van der Waals surface area contributed by atoms with Crippen LogP contribution in [0, 0.1) is 0 Å². The Labute approximate surface area is 341 Å². The first-order valence-corrected chi connectivity index (χ1v) is 21.9. The lowest BCUT2D eigenvalue weighted by molar-refractivity contribution is -0.161. The Morgan fingerprint density at radius 3 is 1.74 bits per heavy atom. The first-order valence-electron chi connectivity index (χ1n) is 20.4. The molecule has 13 heteroatoms. The standard InChI is InChI=1S/C44H70NO11P/c1-3-5-6-7-8-9-10-11-12-16-19-22-25-28-31-34-42(47)53-36-40(37-54-57(51,52)55-38-41(45)44(49)50)56-43(48)35-32-29-26-23-20-17-14-13-15-18-21-24-27-30-33-39(46)4-2/h5-6,8-9,11-12,14-15,17-18,23-24,26-27,30,33,39-41,46H,3-4,7,10,13,16,19-22,25,28-29,31-32,34-38,45H2,1-2H3,(H,49,50)(H,51,52)/b6-5-,9-8-,12-11-,17-14-,18-15-,26-23-,27-24-,33-30+/t39-,40-,41+/m1/s1. The molecule has 12 nitrogen and oxygen atoms in total. The number of unbranched alkanes of at least 4 members (excludes halogenated alkanes) is 6. The first-order chi connectivity index (χ1) is 27.5. The summed E-state index contributed by atoms with van der Waals surface area (Å²) in [7, 11) is -4.75. The van der Waals surface area contributed by atoms with Gasteiger partial charge in [0.2, 0.25) is 0 Å². The van der Waals surface area contributed by atoms with Crippen molar-refractivity contribution in [2.75, 3.05) is 19.8 Å². The molecule has 0 amide bonds. The number of aliphatic carboxylic acids is 1. The van der Waals surface area contributed by atoms with Gasteiger partial charge in [0, 0.05) is 12.8 Å². The maximum Gasteiger partial charge on any atom is 0.472 e. The molecule has 0 heterocycles. The third-order valence-electron chi connectivity index (χ3n) is 7.98. The number of rotatable bonds is 36. The molecule has 0 rings (SSSR count). The Morgan fingerprint density at radius 1 is 0.632 bits per heavy atom. The number of carbonyl (C=O) groups excluding carboxylic acids is 2. The Bertz CT molecular complexity index is 1350. The summed E-state index contributed by atoms with van der Waals surface area (Å²) in [5.74, 6) is -2.52. The summed E-state index contributed by atoms with van der Waals surface area (Å²) in [4.78, 5) is 45.9. The molecule has 5 N–H and O–H groups in total. The van der Waals surface area contributed by atoms with Crippen LogP contribution in [-0.2, 0) is 37.5 Å². The summed E-state index contributed by atoms with van der Waals surface area (Å²) in [6, 6.07) is -1.54. The van der Waals surface area contributed by atoms with Crippen LogP contribution >= 0.6 is 7.82 Å². The van der Waals surface area contributed by atoms with E-state index in [0.717, 1.165) is 70.6 Å². The third-order valence-corrected chi connectivity index (χ3v) is 8.94. The first kappa shape index (κ1) is 53.4. The highest BCUT2D eigenvalue weighted by molar-refractivity contribution is 7.47. The van der Waals surface area contributed by atoms with Gasteiger partial charge in [-0.3, -0.25) is 23.4 Å². The minimum absolute atomic E-state index is 0.0589. The van der Waals surface area contributed by atoms with Crippen LogP contribution in [0.3, 0.4) is 0 Å². The number of hydrogen-bond acceptors (Lipinski definition) is 10. The van der Waals surface area contributed by atoms with E-state index >= 15 is 0 Å². The minimum Gasteiger partial charge on any atom is -0.480 e. The number of allylic oxidation sites excluding steroid dienone is 15. The van der Waals surface area contributed by atoms with Crippen LogP contribution in [0.4, 0.5) is 0 Å². The van der Waals surface area contributed by atoms with E-state index in [1.165, 1.54) is 0 Å². The van der Waals surface area contributed by atoms with Crippen molar-refractivity contribution in [3.63, 3.8) is 0 Å². The molecule has 322 valence electrons. The molecule has 0 aromatic rings. The Hall–Kier alpha value is -3.64. The van der Waals surface area contributed by atoms with Crippen LogP contribution in [0.2, 0.25) is 0 Å². The highest BCUT2D eigenvalue weighted by Crippen LogP contribution is 2.43. The van der Waals surface area contributed by atoms with E-state index in [4.69, 9.17) is 24.8 Å². The number of carboxylic acid groups (broad SMARTS) is 1. The van der Waals surface area contributed by atoms with Crippen molar-refractivity contribution in [1.82, 2.24) is 0 Å². The lowest BCUT2D eigenvalue weighted by Gasteiger charge is -2.20. The number of aliphatic hydroxyl groups excluding tert-OH is 1. The van der Waals surface area contributed by atoms with E-state index in [2.05, 4.69) is 72.2 Å². The second kappa shape index (κ2) is 37.9. The molecule has 0 saturated carbocycles. The normalized spacial score (nSPS) is 15.3. The Kier molecular flexibility index (Phi) is 35.5. The van der Waals surface area contributed by atoms with Crippen LogP contribution in [0.1, 0.15) is 123 Å². The second-order valence-corrected chi connectivity index (χ2v) is 14.7. The minimum atomic E-state index is -4.75. The second-order valence-electron chi connectivity index (χ2n) is 13.2. The van der Waals surface area contributed by atoms with E-state index in [0.29, 0.717) is 25.7 Å². The van der Waals surface area contributed by atoms with Crippen molar-refractivity contribution < 1.29 is 52.6 Å². The van der Waals surface area contributed by atoms with Gasteiger partial charge in [-0.05, 0) is 77.0 Å². The Balaban J connectivity index is 4.57. The average Bonchev–Trinajstić information content (AvgIpc) is 3.19. The van der Waals surface area contributed by atoms with Crippen LogP contribution < -0.4 is 5.73 Å². The number of nitrogens with two attached hydrogens (primary N) is 1. The highest BCUT2D eigenvalue weighted by Gasteiger charge is 2.28.